The Morgan fingerprint density at radius 2 is 2.17 bits per heavy atom. The molecule has 0 unspecified atom stereocenters. The van der Waals surface area contributed by atoms with Crippen LogP contribution in [0.15, 0.2) is 41.5 Å². The van der Waals surface area contributed by atoms with Gasteiger partial charge in [-0.3, -0.25) is 4.99 Å². The van der Waals surface area contributed by atoms with Gasteiger partial charge >= 0.3 is 0 Å². The normalized spacial score (nSPS) is 15.3. The van der Waals surface area contributed by atoms with E-state index in [9.17, 15) is 0 Å². The molecule has 0 atom stereocenters. The first-order valence-corrected chi connectivity index (χ1v) is 8.55. The minimum Gasteiger partial charge on any atom is -0.404 e. The second kappa shape index (κ2) is 7.93. The van der Waals surface area contributed by atoms with Crippen LogP contribution in [0.25, 0.3) is 16.5 Å². The fourth-order valence-corrected chi connectivity index (χ4v) is 2.56. The van der Waals surface area contributed by atoms with E-state index in [1.807, 2.05) is 31.5 Å². The van der Waals surface area contributed by atoms with Gasteiger partial charge < -0.3 is 16.4 Å². The zero-order valence-electron chi connectivity index (χ0n) is 14.1. The van der Waals surface area contributed by atoms with Crippen LogP contribution in [0.2, 0.25) is 0 Å². The lowest BCUT2D eigenvalue weighted by Crippen LogP contribution is -2.13. The lowest BCUT2D eigenvalue weighted by Gasteiger charge is -2.12. The van der Waals surface area contributed by atoms with Gasteiger partial charge in [-0.05, 0) is 45.0 Å². The van der Waals surface area contributed by atoms with Gasteiger partial charge in [-0.1, -0.05) is 18.2 Å². The summed E-state index contributed by atoms with van der Waals surface area (Å²) in [7, 11) is 1.97. The van der Waals surface area contributed by atoms with Gasteiger partial charge in [-0.15, -0.1) is 0 Å². The van der Waals surface area contributed by atoms with Crippen LogP contribution in [0.4, 0.5) is 5.69 Å². The molecule has 0 radical (unpaired) electrons. The van der Waals surface area contributed by atoms with Crippen molar-refractivity contribution in [3.05, 3.63) is 42.2 Å². The summed E-state index contributed by atoms with van der Waals surface area (Å²) in [6.45, 7) is 1.90. The Labute approximate surface area is 143 Å². The Morgan fingerprint density at radius 1 is 1.33 bits per heavy atom. The number of rotatable bonds is 8. The summed E-state index contributed by atoms with van der Waals surface area (Å²) < 4.78 is 0. The third-order valence-corrected chi connectivity index (χ3v) is 4.08. The van der Waals surface area contributed by atoms with Gasteiger partial charge in [0.15, 0.2) is 0 Å². The van der Waals surface area contributed by atoms with Crippen molar-refractivity contribution < 1.29 is 0 Å². The van der Waals surface area contributed by atoms with E-state index in [1.165, 1.54) is 12.8 Å². The molecule has 2 aromatic rings. The van der Waals surface area contributed by atoms with Gasteiger partial charge in [0.1, 0.15) is 0 Å². The molecule has 1 fully saturated rings. The quantitative estimate of drug-likeness (QED) is 0.516. The van der Waals surface area contributed by atoms with E-state index in [-0.39, 0.29) is 0 Å². The first-order chi connectivity index (χ1) is 11.8. The van der Waals surface area contributed by atoms with Crippen molar-refractivity contribution in [3.8, 4) is 0 Å². The van der Waals surface area contributed by atoms with Crippen LogP contribution < -0.4 is 16.4 Å². The summed E-state index contributed by atoms with van der Waals surface area (Å²) in [6, 6.07) is 10.7. The summed E-state index contributed by atoms with van der Waals surface area (Å²) in [5.41, 5.74) is 9.60. The second-order valence-electron chi connectivity index (χ2n) is 6.09. The molecule has 1 heterocycles. The number of allylic oxidation sites excluding steroid dienone is 1. The molecule has 126 valence electrons. The van der Waals surface area contributed by atoms with Crippen molar-refractivity contribution in [2.45, 2.75) is 25.3 Å². The van der Waals surface area contributed by atoms with Crippen LogP contribution in [0.5, 0.6) is 0 Å². The van der Waals surface area contributed by atoms with Crippen LogP contribution in [0.1, 0.15) is 25.0 Å². The number of anilines is 1. The summed E-state index contributed by atoms with van der Waals surface area (Å²) in [4.78, 5) is 9.30. The van der Waals surface area contributed by atoms with E-state index in [0.717, 1.165) is 47.4 Å². The SMILES string of the molecule is CNCCCNc1cc(/C(C=NC2CC2)=C/N)nc2ccccc12. The average Bonchev–Trinajstić information content (AvgIpc) is 3.43. The fraction of sp³-hybridized carbons (Fsp3) is 0.368. The van der Waals surface area contributed by atoms with Crippen LogP contribution in [0.3, 0.4) is 0 Å². The molecular formula is C19H25N5. The predicted octanol–water partition coefficient (Wildman–Crippen LogP) is 2.79. The van der Waals surface area contributed by atoms with Crippen molar-refractivity contribution >= 4 is 28.4 Å². The number of pyridine rings is 1. The van der Waals surface area contributed by atoms with E-state index < -0.39 is 0 Å². The van der Waals surface area contributed by atoms with E-state index in [2.05, 4.69) is 27.8 Å². The Morgan fingerprint density at radius 3 is 2.92 bits per heavy atom. The maximum absolute atomic E-state index is 5.82. The van der Waals surface area contributed by atoms with Crippen molar-refractivity contribution in [1.82, 2.24) is 10.3 Å². The highest BCUT2D eigenvalue weighted by Crippen LogP contribution is 2.27. The summed E-state index contributed by atoms with van der Waals surface area (Å²) in [5.74, 6) is 0. The minimum absolute atomic E-state index is 0.472. The summed E-state index contributed by atoms with van der Waals surface area (Å²) >= 11 is 0. The predicted molar refractivity (Wildman–Crippen MR) is 102 cm³/mol. The molecule has 5 heteroatoms. The topological polar surface area (TPSA) is 75.3 Å². The van der Waals surface area contributed by atoms with Crippen molar-refractivity contribution in [2.75, 3.05) is 25.5 Å². The molecule has 1 saturated carbocycles. The molecule has 0 aliphatic heterocycles. The Hall–Kier alpha value is -2.40. The molecule has 4 N–H and O–H groups in total. The third kappa shape index (κ3) is 4.11. The highest BCUT2D eigenvalue weighted by molar-refractivity contribution is 6.10. The van der Waals surface area contributed by atoms with E-state index >= 15 is 0 Å². The number of fused-ring (bicyclic) bond motifs is 1. The Balaban J connectivity index is 1.89. The van der Waals surface area contributed by atoms with Gasteiger partial charge in [0.05, 0.1) is 17.3 Å². The first-order valence-electron chi connectivity index (χ1n) is 8.55. The number of para-hydroxylation sites is 1. The first kappa shape index (κ1) is 16.5. The highest BCUT2D eigenvalue weighted by atomic mass is 14.9. The third-order valence-electron chi connectivity index (χ3n) is 4.08. The maximum atomic E-state index is 5.82. The van der Waals surface area contributed by atoms with Crippen LogP contribution in [-0.2, 0) is 0 Å². The average molecular weight is 323 g/mol. The van der Waals surface area contributed by atoms with Crippen LogP contribution in [-0.4, -0.2) is 37.4 Å². The lowest BCUT2D eigenvalue weighted by molar-refractivity contribution is 0.748. The molecule has 1 aliphatic carbocycles. The Kier molecular flexibility index (Phi) is 5.43. The maximum Gasteiger partial charge on any atom is 0.0760 e. The van der Waals surface area contributed by atoms with Gasteiger partial charge in [0, 0.05) is 35.6 Å². The molecule has 0 bridgehead atoms. The highest BCUT2D eigenvalue weighted by Gasteiger charge is 2.19. The molecule has 0 spiro atoms. The van der Waals surface area contributed by atoms with Crippen LogP contribution in [0, 0.1) is 0 Å². The smallest absolute Gasteiger partial charge is 0.0760 e. The zero-order chi connectivity index (χ0) is 16.8. The molecule has 24 heavy (non-hydrogen) atoms. The number of hydrogen-bond donors (Lipinski definition) is 3. The van der Waals surface area contributed by atoms with E-state index in [4.69, 9.17) is 10.7 Å². The summed E-state index contributed by atoms with van der Waals surface area (Å²) in [5, 5.41) is 7.82. The molecular weight excluding hydrogens is 298 g/mol. The van der Waals surface area contributed by atoms with Gasteiger partial charge in [-0.25, -0.2) is 4.98 Å². The lowest BCUT2D eigenvalue weighted by atomic mass is 10.1. The second-order valence-corrected chi connectivity index (χ2v) is 6.09. The van der Waals surface area contributed by atoms with Crippen molar-refractivity contribution in [2.24, 2.45) is 10.7 Å². The molecule has 1 aliphatic rings. The van der Waals surface area contributed by atoms with Crippen molar-refractivity contribution in [3.63, 3.8) is 0 Å². The van der Waals surface area contributed by atoms with E-state index in [1.54, 1.807) is 6.20 Å². The zero-order valence-corrected chi connectivity index (χ0v) is 14.1. The molecule has 0 saturated heterocycles. The van der Waals surface area contributed by atoms with Gasteiger partial charge in [0.25, 0.3) is 0 Å². The monoisotopic (exact) mass is 323 g/mol. The number of aliphatic imine (C=N–C) groups is 1. The standard InChI is InChI=1S/C19H25N5/c1-21-9-4-10-22-19-11-18(14(12-20)13-23-15-7-8-15)24-17-6-3-2-5-16(17)19/h2-3,5-6,11-13,15,21H,4,7-10,20H2,1H3,(H,22,24)/b14-12+,23-13?. The summed E-state index contributed by atoms with van der Waals surface area (Å²) in [6.07, 6.45) is 6.87. The van der Waals surface area contributed by atoms with Crippen LogP contribution >= 0.6 is 0 Å². The largest absolute Gasteiger partial charge is 0.404 e. The van der Waals surface area contributed by atoms with Crippen molar-refractivity contribution in [1.29, 1.82) is 0 Å². The minimum atomic E-state index is 0.472. The molecule has 3 rings (SSSR count). The van der Waals surface area contributed by atoms with E-state index in [0.29, 0.717) is 6.04 Å². The van der Waals surface area contributed by atoms with Gasteiger partial charge in [0.2, 0.25) is 0 Å². The number of benzene rings is 1. The number of nitrogens with two attached hydrogens (primary N) is 1. The number of nitrogens with one attached hydrogen (secondary N) is 2. The number of nitrogens with zero attached hydrogens (tertiary/aromatic N) is 2. The number of aromatic nitrogens is 1. The molecule has 5 nitrogen and oxygen atoms in total. The fourth-order valence-electron chi connectivity index (χ4n) is 2.56. The molecule has 0 amide bonds. The number of hydrogen-bond acceptors (Lipinski definition) is 5. The molecule has 1 aromatic carbocycles. The Bertz CT molecular complexity index is 747. The van der Waals surface area contributed by atoms with Gasteiger partial charge in [-0.2, -0.15) is 0 Å². The molecule has 1 aromatic heterocycles.